The Hall–Kier alpha value is -1.91. The van der Waals surface area contributed by atoms with E-state index in [1.165, 1.54) is 12.4 Å². The number of anilines is 1. The molecule has 0 saturated heterocycles. The molecule has 0 radical (unpaired) electrons. The molecule has 0 spiro atoms. The maximum atomic E-state index is 11.4. The number of hydrogen-bond donors (Lipinski definition) is 1. The van der Waals surface area contributed by atoms with Crippen LogP contribution in [0, 0.1) is 0 Å². The van der Waals surface area contributed by atoms with E-state index in [0.717, 1.165) is 0 Å². The highest BCUT2D eigenvalue weighted by Gasteiger charge is 2.22. The number of hydrogen-bond acceptors (Lipinski definition) is 4. The van der Waals surface area contributed by atoms with Gasteiger partial charge in [-0.05, 0) is 32.9 Å². The van der Waals surface area contributed by atoms with Gasteiger partial charge < -0.3 is 10.1 Å². The van der Waals surface area contributed by atoms with Crippen molar-refractivity contribution in [2.24, 2.45) is 0 Å². The first-order valence-corrected chi connectivity index (χ1v) is 4.83. The number of esters is 1. The second kappa shape index (κ2) is 4.74. The van der Waals surface area contributed by atoms with Crippen LogP contribution in [0.1, 0.15) is 20.8 Å². The molecule has 0 aliphatic heterocycles. The number of carbonyl (C=O) groups is 2. The minimum atomic E-state index is -0.899. The zero-order valence-electron chi connectivity index (χ0n) is 9.48. The fourth-order valence-corrected chi connectivity index (χ4v) is 0.942. The molecule has 16 heavy (non-hydrogen) atoms. The fourth-order valence-electron chi connectivity index (χ4n) is 0.942. The number of carbonyl (C=O) groups excluding carboxylic acids is 2. The molecule has 0 atom stereocenters. The van der Waals surface area contributed by atoms with E-state index in [4.69, 9.17) is 4.74 Å². The van der Waals surface area contributed by atoms with E-state index < -0.39 is 17.5 Å². The Morgan fingerprint density at radius 1 is 1.25 bits per heavy atom. The number of nitrogens with one attached hydrogen (secondary N) is 1. The molecule has 0 aromatic carbocycles. The van der Waals surface area contributed by atoms with Crippen molar-refractivity contribution in [3.05, 3.63) is 24.5 Å². The molecule has 1 aromatic heterocycles. The van der Waals surface area contributed by atoms with Gasteiger partial charge in [0.1, 0.15) is 5.60 Å². The number of pyridine rings is 1. The minimum Gasteiger partial charge on any atom is -0.453 e. The Morgan fingerprint density at radius 2 is 1.81 bits per heavy atom. The van der Waals surface area contributed by atoms with E-state index in [1.54, 1.807) is 32.9 Å². The standard InChI is InChI=1S/C11H14N2O3/c1-11(2,3)16-10(15)9(14)13-8-4-6-12-7-5-8/h4-7H,1-3H3,(H,12,13,14). The number of amides is 1. The molecule has 5 nitrogen and oxygen atoms in total. The van der Waals surface area contributed by atoms with Crippen LogP contribution >= 0.6 is 0 Å². The summed E-state index contributed by atoms with van der Waals surface area (Å²) in [5.41, 5.74) is -0.169. The lowest BCUT2D eigenvalue weighted by Gasteiger charge is -2.18. The summed E-state index contributed by atoms with van der Waals surface area (Å²) in [6.45, 7) is 5.10. The molecular weight excluding hydrogens is 208 g/mol. The minimum absolute atomic E-state index is 0.505. The van der Waals surface area contributed by atoms with Gasteiger partial charge in [0.15, 0.2) is 0 Å². The summed E-state index contributed by atoms with van der Waals surface area (Å²) in [5.74, 6) is -1.69. The number of aromatic nitrogens is 1. The number of ether oxygens (including phenoxy) is 1. The average Bonchev–Trinajstić information content (AvgIpc) is 2.16. The Kier molecular flexibility index (Phi) is 3.60. The highest BCUT2D eigenvalue weighted by Crippen LogP contribution is 2.08. The fraction of sp³-hybridized carbons (Fsp3) is 0.364. The topological polar surface area (TPSA) is 68.3 Å². The Labute approximate surface area is 93.8 Å². The van der Waals surface area contributed by atoms with Crippen molar-refractivity contribution < 1.29 is 14.3 Å². The molecule has 0 fully saturated rings. The van der Waals surface area contributed by atoms with Crippen LogP contribution in [0.25, 0.3) is 0 Å². The molecule has 1 rings (SSSR count). The number of nitrogens with zero attached hydrogens (tertiary/aromatic N) is 1. The van der Waals surface area contributed by atoms with Crippen LogP contribution in [0.2, 0.25) is 0 Å². The molecule has 0 bridgehead atoms. The summed E-state index contributed by atoms with van der Waals surface area (Å²) in [7, 11) is 0. The average molecular weight is 222 g/mol. The molecule has 0 unspecified atom stereocenters. The Morgan fingerprint density at radius 3 is 2.31 bits per heavy atom. The van der Waals surface area contributed by atoms with Crippen molar-refractivity contribution in [1.29, 1.82) is 0 Å². The van der Waals surface area contributed by atoms with Crippen LogP contribution in [0.4, 0.5) is 5.69 Å². The van der Waals surface area contributed by atoms with Crippen molar-refractivity contribution >= 4 is 17.6 Å². The molecule has 86 valence electrons. The second-order valence-electron chi connectivity index (χ2n) is 4.19. The van der Waals surface area contributed by atoms with Gasteiger partial charge in [-0.1, -0.05) is 0 Å². The number of rotatable bonds is 1. The van der Waals surface area contributed by atoms with Crippen molar-refractivity contribution in [3.63, 3.8) is 0 Å². The van der Waals surface area contributed by atoms with Gasteiger partial charge in [0.05, 0.1) is 0 Å². The summed E-state index contributed by atoms with van der Waals surface area (Å²) in [6.07, 6.45) is 3.04. The molecule has 0 aliphatic rings. The van der Waals surface area contributed by atoms with Gasteiger partial charge in [-0.15, -0.1) is 0 Å². The van der Waals surface area contributed by atoms with Crippen LogP contribution in [-0.2, 0) is 14.3 Å². The summed E-state index contributed by atoms with van der Waals surface area (Å²) >= 11 is 0. The smallest absolute Gasteiger partial charge is 0.397 e. The lowest BCUT2D eigenvalue weighted by molar-refractivity contribution is -0.161. The molecule has 0 aliphatic carbocycles. The first kappa shape index (κ1) is 12.2. The van der Waals surface area contributed by atoms with Crippen LogP contribution in [-0.4, -0.2) is 22.5 Å². The van der Waals surface area contributed by atoms with Gasteiger partial charge in [0, 0.05) is 18.1 Å². The van der Waals surface area contributed by atoms with Gasteiger partial charge in [-0.2, -0.15) is 0 Å². The van der Waals surface area contributed by atoms with E-state index in [-0.39, 0.29) is 0 Å². The predicted molar refractivity (Wildman–Crippen MR) is 58.7 cm³/mol. The Bertz CT molecular complexity index is 382. The lowest BCUT2D eigenvalue weighted by atomic mass is 10.2. The second-order valence-corrected chi connectivity index (χ2v) is 4.19. The van der Waals surface area contributed by atoms with Crippen LogP contribution < -0.4 is 5.32 Å². The Balaban J connectivity index is 2.57. The largest absolute Gasteiger partial charge is 0.453 e. The first-order chi connectivity index (χ1) is 7.38. The maximum Gasteiger partial charge on any atom is 0.397 e. The molecule has 5 heteroatoms. The molecule has 1 heterocycles. The zero-order chi connectivity index (χ0) is 12.2. The third kappa shape index (κ3) is 4.08. The highest BCUT2D eigenvalue weighted by molar-refractivity contribution is 6.37. The molecule has 1 N–H and O–H groups in total. The third-order valence-corrected chi connectivity index (χ3v) is 1.52. The maximum absolute atomic E-state index is 11.4. The van der Waals surface area contributed by atoms with Crippen molar-refractivity contribution in [1.82, 2.24) is 4.98 Å². The SMILES string of the molecule is CC(C)(C)OC(=O)C(=O)Nc1ccncc1. The normalized spacial score (nSPS) is 10.7. The van der Waals surface area contributed by atoms with Crippen molar-refractivity contribution in [3.8, 4) is 0 Å². The van der Waals surface area contributed by atoms with E-state index in [0.29, 0.717) is 5.69 Å². The van der Waals surface area contributed by atoms with Gasteiger partial charge in [-0.25, -0.2) is 4.79 Å². The van der Waals surface area contributed by atoms with Gasteiger partial charge in [0.2, 0.25) is 0 Å². The molecule has 1 aromatic rings. The third-order valence-electron chi connectivity index (χ3n) is 1.52. The summed E-state index contributed by atoms with van der Waals surface area (Å²) in [4.78, 5) is 26.5. The van der Waals surface area contributed by atoms with Crippen LogP contribution in [0.5, 0.6) is 0 Å². The van der Waals surface area contributed by atoms with Crippen LogP contribution in [0.15, 0.2) is 24.5 Å². The molecule has 0 saturated carbocycles. The van der Waals surface area contributed by atoms with Gasteiger partial charge >= 0.3 is 11.9 Å². The lowest BCUT2D eigenvalue weighted by Crippen LogP contribution is -2.32. The quantitative estimate of drug-likeness (QED) is 0.575. The van der Waals surface area contributed by atoms with E-state index in [1.807, 2.05) is 0 Å². The molecular formula is C11H14N2O3. The van der Waals surface area contributed by atoms with E-state index >= 15 is 0 Å². The first-order valence-electron chi connectivity index (χ1n) is 4.83. The van der Waals surface area contributed by atoms with Crippen LogP contribution in [0.3, 0.4) is 0 Å². The summed E-state index contributed by atoms with van der Waals surface area (Å²) < 4.78 is 4.91. The molecule has 1 amide bonds. The van der Waals surface area contributed by atoms with E-state index in [9.17, 15) is 9.59 Å². The van der Waals surface area contributed by atoms with Crippen molar-refractivity contribution in [2.75, 3.05) is 5.32 Å². The van der Waals surface area contributed by atoms with Gasteiger partial charge in [0.25, 0.3) is 0 Å². The monoisotopic (exact) mass is 222 g/mol. The van der Waals surface area contributed by atoms with Crippen molar-refractivity contribution in [2.45, 2.75) is 26.4 Å². The van der Waals surface area contributed by atoms with Gasteiger partial charge in [-0.3, -0.25) is 9.78 Å². The zero-order valence-corrected chi connectivity index (χ0v) is 9.48. The highest BCUT2D eigenvalue weighted by atomic mass is 16.6. The predicted octanol–water partition coefficient (Wildman–Crippen LogP) is 1.36. The summed E-state index contributed by atoms with van der Waals surface area (Å²) in [5, 5.41) is 2.41. The summed E-state index contributed by atoms with van der Waals surface area (Å²) in [6, 6.07) is 3.17. The van der Waals surface area contributed by atoms with E-state index in [2.05, 4.69) is 10.3 Å².